The summed E-state index contributed by atoms with van der Waals surface area (Å²) in [5.41, 5.74) is 1.14. The molecule has 3 heterocycles. The third-order valence-corrected chi connectivity index (χ3v) is 4.82. The lowest BCUT2D eigenvalue weighted by molar-refractivity contribution is 0.0945. The largest absolute Gasteiger partial charge is 0.486 e. The number of rotatable bonds is 4. The van der Waals surface area contributed by atoms with Crippen LogP contribution in [-0.2, 0) is 6.54 Å². The van der Waals surface area contributed by atoms with Crippen molar-refractivity contribution in [1.82, 2.24) is 25.6 Å². The van der Waals surface area contributed by atoms with Gasteiger partial charge in [-0.25, -0.2) is 4.68 Å². The molecule has 0 saturated carbocycles. The van der Waals surface area contributed by atoms with Gasteiger partial charge in [0.2, 0.25) is 0 Å². The molecule has 4 rings (SSSR count). The molecular formula is C17H21Cl2N5O3. The number of piperidine rings is 1. The van der Waals surface area contributed by atoms with Gasteiger partial charge in [-0.3, -0.25) is 4.79 Å². The number of carbonyl (C=O) groups is 1. The molecule has 8 nitrogen and oxygen atoms in total. The first-order chi connectivity index (χ1) is 12.7. The van der Waals surface area contributed by atoms with E-state index in [1.165, 1.54) is 0 Å². The van der Waals surface area contributed by atoms with Gasteiger partial charge in [-0.15, -0.1) is 17.5 Å². The Labute approximate surface area is 168 Å². The van der Waals surface area contributed by atoms with E-state index in [-0.39, 0.29) is 18.3 Å². The van der Waals surface area contributed by atoms with E-state index in [0.29, 0.717) is 48.0 Å². The van der Waals surface area contributed by atoms with Crippen molar-refractivity contribution in [3.63, 3.8) is 0 Å². The summed E-state index contributed by atoms with van der Waals surface area (Å²) in [6, 6.07) is 3.88. The van der Waals surface area contributed by atoms with Crippen molar-refractivity contribution in [2.24, 2.45) is 0 Å². The highest BCUT2D eigenvalue weighted by Gasteiger charge is 2.20. The minimum absolute atomic E-state index is 0. The molecule has 2 aliphatic heterocycles. The number of nitrogens with zero attached hydrogens (tertiary/aromatic N) is 3. The van der Waals surface area contributed by atoms with Gasteiger partial charge in [0.05, 0.1) is 17.3 Å². The lowest BCUT2D eigenvalue weighted by Crippen LogP contribution is -2.29. The molecule has 1 aromatic carbocycles. The van der Waals surface area contributed by atoms with Crippen LogP contribution in [0.1, 0.15) is 34.9 Å². The number of fused-ring (bicyclic) bond motifs is 1. The summed E-state index contributed by atoms with van der Waals surface area (Å²) in [6.07, 6.45) is 3.68. The van der Waals surface area contributed by atoms with Crippen molar-refractivity contribution < 1.29 is 14.3 Å². The number of amides is 1. The van der Waals surface area contributed by atoms with Crippen LogP contribution in [0.25, 0.3) is 0 Å². The quantitative estimate of drug-likeness (QED) is 0.796. The molecule has 27 heavy (non-hydrogen) atoms. The molecule has 1 fully saturated rings. The van der Waals surface area contributed by atoms with E-state index in [4.69, 9.17) is 21.1 Å². The van der Waals surface area contributed by atoms with E-state index >= 15 is 0 Å². The lowest BCUT2D eigenvalue weighted by Gasteiger charge is -2.22. The minimum atomic E-state index is -0.267. The molecule has 1 saturated heterocycles. The maximum absolute atomic E-state index is 12.4. The second-order valence-electron chi connectivity index (χ2n) is 6.35. The Balaban J connectivity index is 0.00000210. The molecule has 0 unspecified atom stereocenters. The molecular weight excluding hydrogens is 393 g/mol. The normalized spacial score (nSPS) is 16.5. The molecule has 0 aliphatic carbocycles. The fourth-order valence-corrected chi connectivity index (χ4v) is 3.46. The molecule has 1 aromatic heterocycles. The molecule has 0 bridgehead atoms. The van der Waals surface area contributed by atoms with Gasteiger partial charge in [-0.2, -0.15) is 0 Å². The summed E-state index contributed by atoms with van der Waals surface area (Å²) in [5.74, 6) is 0.888. The van der Waals surface area contributed by atoms with Crippen LogP contribution in [0, 0.1) is 0 Å². The van der Waals surface area contributed by atoms with Gasteiger partial charge in [-0.1, -0.05) is 16.8 Å². The molecule has 0 spiro atoms. The molecule has 2 N–H and O–H groups in total. The van der Waals surface area contributed by atoms with Crippen LogP contribution in [0.4, 0.5) is 0 Å². The van der Waals surface area contributed by atoms with E-state index in [2.05, 4.69) is 20.9 Å². The number of nitrogens with one attached hydrogen (secondary N) is 2. The summed E-state index contributed by atoms with van der Waals surface area (Å²) >= 11 is 6.22. The summed E-state index contributed by atoms with van der Waals surface area (Å²) in [7, 11) is 0. The predicted octanol–water partition coefficient (Wildman–Crippen LogP) is 1.98. The van der Waals surface area contributed by atoms with Crippen LogP contribution in [0.2, 0.25) is 5.02 Å². The first-order valence-corrected chi connectivity index (χ1v) is 9.07. The van der Waals surface area contributed by atoms with E-state index in [1.807, 2.05) is 6.07 Å². The number of hydrogen-bond donors (Lipinski definition) is 2. The molecule has 2 aliphatic rings. The number of hydrogen-bond acceptors (Lipinski definition) is 6. The van der Waals surface area contributed by atoms with Crippen LogP contribution in [0.5, 0.6) is 11.5 Å². The van der Waals surface area contributed by atoms with Crippen molar-refractivity contribution in [1.29, 1.82) is 0 Å². The van der Waals surface area contributed by atoms with Crippen molar-refractivity contribution in [3.8, 4) is 11.5 Å². The maximum atomic E-state index is 12.4. The second-order valence-corrected chi connectivity index (χ2v) is 6.76. The average Bonchev–Trinajstić information content (AvgIpc) is 3.17. The van der Waals surface area contributed by atoms with Crippen LogP contribution in [0.3, 0.4) is 0 Å². The van der Waals surface area contributed by atoms with E-state index in [1.54, 1.807) is 16.9 Å². The average molecular weight is 414 g/mol. The fourth-order valence-electron chi connectivity index (χ4n) is 3.17. The number of aromatic nitrogens is 3. The Kier molecular flexibility index (Phi) is 6.41. The fraction of sp³-hybridized carbons (Fsp3) is 0.471. The van der Waals surface area contributed by atoms with Gasteiger partial charge < -0.3 is 20.1 Å². The molecule has 2 aromatic rings. The van der Waals surface area contributed by atoms with Gasteiger partial charge in [0.15, 0.2) is 17.2 Å². The summed E-state index contributed by atoms with van der Waals surface area (Å²) in [4.78, 5) is 12.4. The zero-order valence-corrected chi connectivity index (χ0v) is 16.2. The monoisotopic (exact) mass is 413 g/mol. The number of carbonyl (C=O) groups excluding carboxylic acids is 1. The predicted molar refractivity (Wildman–Crippen MR) is 102 cm³/mol. The Morgan fingerprint density at radius 3 is 2.89 bits per heavy atom. The standard InChI is InChI=1S/C17H20ClN5O3.ClH/c18-13-7-11(8-15-16(13)26-6-5-25-15)9-20-17(24)14-10-23(22-21-14)12-1-3-19-4-2-12;/h7-8,10,12,19H,1-6,9H2,(H,20,24);1H. The Morgan fingerprint density at radius 1 is 1.30 bits per heavy atom. The Bertz CT molecular complexity index is 808. The highest BCUT2D eigenvalue weighted by molar-refractivity contribution is 6.32. The number of halogens is 2. The summed E-state index contributed by atoms with van der Waals surface area (Å²) in [6.45, 7) is 3.19. The van der Waals surface area contributed by atoms with Crippen LogP contribution in [0.15, 0.2) is 18.3 Å². The minimum Gasteiger partial charge on any atom is -0.486 e. The molecule has 10 heteroatoms. The third kappa shape index (κ3) is 4.45. The van der Waals surface area contributed by atoms with Gasteiger partial charge in [0.25, 0.3) is 5.91 Å². The first kappa shape index (κ1) is 19.7. The topological polar surface area (TPSA) is 90.3 Å². The Morgan fingerprint density at radius 2 is 2.07 bits per heavy atom. The summed E-state index contributed by atoms with van der Waals surface area (Å²) in [5, 5.41) is 14.7. The van der Waals surface area contributed by atoms with E-state index in [0.717, 1.165) is 31.5 Å². The van der Waals surface area contributed by atoms with Crippen molar-refractivity contribution in [3.05, 3.63) is 34.6 Å². The number of ether oxygens (including phenoxy) is 2. The van der Waals surface area contributed by atoms with Gasteiger partial charge in [-0.05, 0) is 43.6 Å². The van der Waals surface area contributed by atoms with Crippen molar-refractivity contribution in [2.75, 3.05) is 26.3 Å². The molecule has 0 atom stereocenters. The maximum Gasteiger partial charge on any atom is 0.273 e. The zero-order chi connectivity index (χ0) is 17.9. The Hall–Kier alpha value is -2.03. The van der Waals surface area contributed by atoms with Crippen LogP contribution < -0.4 is 20.1 Å². The van der Waals surface area contributed by atoms with Crippen LogP contribution >= 0.6 is 24.0 Å². The van der Waals surface area contributed by atoms with Gasteiger partial charge in [0.1, 0.15) is 13.2 Å². The van der Waals surface area contributed by atoms with E-state index < -0.39 is 0 Å². The molecule has 1 amide bonds. The van der Waals surface area contributed by atoms with Crippen molar-refractivity contribution in [2.45, 2.75) is 25.4 Å². The second kappa shape index (κ2) is 8.77. The number of benzene rings is 1. The highest BCUT2D eigenvalue weighted by atomic mass is 35.5. The summed E-state index contributed by atoms with van der Waals surface area (Å²) < 4.78 is 12.8. The highest BCUT2D eigenvalue weighted by Crippen LogP contribution is 2.38. The lowest BCUT2D eigenvalue weighted by atomic mass is 10.1. The first-order valence-electron chi connectivity index (χ1n) is 8.69. The third-order valence-electron chi connectivity index (χ3n) is 4.54. The van der Waals surface area contributed by atoms with Gasteiger partial charge >= 0.3 is 0 Å². The van der Waals surface area contributed by atoms with Gasteiger partial charge in [0, 0.05) is 6.54 Å². The smallest absolute Gasteiger partial charge is 0.273 e. The van der Waals surface area contributed by atoms with Crippen molar-refractivity contribution >= 4 is 29.9 Å². The zero-order valence-electron chi connectivity index (χ0n) is 14.6. The molecule has 146 valence electrons. The van der Waals surface area contributed by atoms with E-state index in [9.17, 15) is 4.79 Å². The SMILES string of the molecule is Cl.O=C(NCc1cc(Cl)c2c(c1)OCCO2)c1cn(C2CCNCC2)nn1. The molecule has 0 radical (unpaired) electrons. The van der Waals surface area contributed by atoms with Crippen LogP contribution in [-0.4, -0.2) is 47.2 Å².